The van der Waals surface area contributed by atoms with Crippen LogP contribution in [-0.2, 0) is 10.2 Å². The number of rotatable bonds is 2. The van der Waals surface area contributed by atoms with E-state index in [2.05, 4.69) is 4.74 Å². The van der Waals surface area contributed by atoms with E-state index < -0.39 is 17.6 Å². The van der Waals surface area contributed by atoms with Gasteiger partial charge in [0.05, 0.1) is 24.9 Å². The monoisotopic (exact) mass is 278 g/mol. The fourth-order valence-corrected chi connectivity index (χ4v) is 3.18. The summed E-state index contributed by atoms with van der Waals surface area (Å²) >= 11 is 0. The first kappa shape index (κ1) is 15.0. The molecule has 0 bridgehead atoms. The highest BCUT2D eigenvalue weighted by Gasteiger charge is 2.56. The lowest BCUT2D eigenvalue weighted by molar-refractivity contribution is -0.0160. The summed E-state index contributed by atoms with van der Waals surface area (Å²) in [5, 5.41) is 20.2. The Balaban J connectivity index is 2.38. The van der Waals surface area contributed by atoms with Gasteiger partial charge in [-0.2, -0.15) is 0 Å². The van der Waals surface area contributed by atoms with Crippen molar-refractivity contribution >= 4 is 5.97 Å². The molecular weight excluding hydrogens is 256 g/mol. The van der Waals surface area contributed by atoms with Crippen LogP contribution >= 0.6 is 0 Å². The highest BCUT2D eigenvalue weighted by molar-refractivity contribution is 5.89. The lowest BCUT2D eigenvalue weighted by Gasteiger charge is -2.40. The Bertz CT molecular complexity index is 506. The third kappa shape index (κ3) is 2.03. The highest BCUT2D eigenvalue weighted by Crippen LogP contribution is 2.53. The van der Waals surface area contributed by atoms with Gasteiger partial charge in [-0.25, -0.2) is 4.79 Å². The largest absolute Gasteiger partial charge is 0.465 e. The van der Waals surface area contributed by atoms with E-state index in [1.165, 1.54) is 7.11 Å². The number of hydrogen-bond acceptors (Lipinski definition) is 4. The molecule has 2 rings (SSSR count). The summed E-state index contributed by atoms with van der Waals surface area (Å²) in [5.74, 6) is -0.368. The predicted octanol–water partition coefficient (Wildman–Crippen LogP) is 1.88. The van der Waals surface area contributed by atoms with E-state index in [0.29, 0.717) is 12.0 Å². The first-order valence-electron chi connectivity index (χ1n) is 6.79. The number of hydrogen-bond donors (Lipinski definition) is 2. The van der Waals surface area contributed by atoms with Crippen LogP contribution in [0.4, 0.5) is 0 Å². The molecule has 20 heavy (non-hydrogen) atoms. The molecule has 1 aliphatic carbocycles. The summed E-state index contributed by atoms with van der Waals surface area (Å²) in [6.45, 7) is 5.96. The molecule has 110 valence electrons. The van der Waals surface area contributed by atoms with Gasteiger partial charge in [0.1, 0.15) is 0 Å². The maximum absolute atomic E-state index is 11.5. The quantitative estimate of drug-likeness (QED) is 0.811. The molecule has 1 aromatic rings. The van der Waals surface area contributed by atoms with Gasteiger partial charge in [0.25, 0.3) is 0 Å². The van der Waals surface area contributed by atoms with Crippen LogP contribution in [0.1, 0.15) is 43.1 Å². The first-order chi connectivity index (χ1) is 9.24. The zero-order chi connectivity index (χ0) is 15.1. The number of aliphatic hydroxyl groups is 2. The molecule has 4 heteroatoms. The molecule has 3 atom stereocenters. The minimum Gasteiger partial charge on any atom is -0.465 e. The summed E-state index contributed by atoms with van der Waals surface area (Å²) in [6.07, 6.45) is -0.985. The Morgan fingerprint density at radius 3 is 2.15 bits per heavy atom. The minimum atomic E-state index is -0.757. The second-order valence-corrected chi connectivity index (χ2v) is 6.34. The number of aliphatic hydroxyl groups excluding tert-OH is 2. The highest BCUT2D eigenvalue weighted by atomic mass is 16.5. The molecule has 1 aromatic carbocycles. The van der Waals surface area contributed by atoms with E-state index in [4.69, 9.17) is 0 Å². The zero-order valence-corrected chi connectivity index (χ0v) is 12.4. The van der Waals surface area contributed by atoms with Gasteiger partial charge in [-0.1, -0.05) is 32.9 Å². The number of methoxy groups -OCH3 is 1. The first-order valence-corrected chi connectivity index (χ1v) is 6.79. The lowest BCUT2D eigenvalue weighted by Crippen LogP contribution is -2.41. The Labute approximate surface area is 119 Å². The number of ether oxygens (including phenoxy) is 1. The summed E-state index contributed by atoms with van der Waals surface area (Å²) < 4.78 is 4.68. The molecule has 4 nitrogen and oxygen atoms in total. The Hall–Kier alpha value is -1.39. The SMILES string of the molecule is COC(=O)c1ccc([C@@]2(C)C[C@H](O)[C@H](O)C2(C)C)cc1. The van der Waals surface area contributed by atoms with Crippen molar-refractivity contribution in [2.75, 3.05) is 7.11 Å². The van der Waals surface area contributed by atoms with Crippen LogP contribution in [0.25, 0.3) is 0 Å². The van der Waals surface area contributed by atoms with Crippen LogP contribution in [0.2, 0.25) is 0 Å². The van der Waals surface area contributed by atoms with Gasteiger partial charge in [-0.15, -0.1) is 0 Å². The molecule has 0 heterocycles. The van der Waals surface area contributed by atoms with Crippen molar-refractivity contribution in [3.63, 3.8) is 0 Å². The zero-order valence-electron chi connectivity index (χ0n) is 12.4. The topological polar surface area (TPSA) is 66.8 Å². The van der Waals surface area contributed by atoms with Gasteiger partial charge in [0.2, 0.25) is 0 Å². The minimum absolute atomic E-state index is 0.347. The van der Waals surface area contributed by atoms with E-state index in [1.54, 1.807) is 12.1 Å². The van der Waals surface area contributed by atoms with Crippen LogP contribution in [0.3, 0.4) is 0 Å². The molecule has 0 saturated heterocycles. The second-order valence-electron chi connectivity index (χ2n) is 6.34. The summed E-state index contributed by atoms with van der Waals surface area (Å²) in [4.78, 5) is 11.5. The van der Waals surface area contributed by atoms with E-state index in [9.17, 15) is 15.0 Å². The Morgan fingerprint density at radius 1 is 1.20 bits per heavy atom. The Kier molecular flexibility index (Phi) is 3.65. The number of benzene rings is 1. The van der Waals surface area contributed by atoms with Crippen molar-refractivity contribution in [2.24, 2.45) is 5.41 Å². The van der Waals surface area contributed by atoms with Gasteiger partial charge < -0.3 is 14.9 Å². The van der Waals surface area contributed by atoms with Crippen molar-refractivity contribution in [1.82, 2.24) is 0 Å². The van der Waals surface area contributed by atoms with E-state index in [-0.39, 0.29) is 11.4 Å². The third-order valence-electron chi connectivity index (χ3n) is 5.09. The molecule has 0 aliphatic heterocycles. The van der Waals surface area contributed by atoms with Gasteiger partial charge in [-0.3, -0.25) is 0 Å². The molecule has 1 aliphatic rings. The van der Waals surface area contributed by atoms with Crippen molar-refractivity contribution in [3.8, 4) is 0 Å². The number of carbonyl (C=O) groups excluding carboxylic acids is 1. The van der Waals surface area contributed by atoms with Crippen molar-refractivity contribution < 1.29 is 19.7 Å². The molecule has 0 spiro atoms. The molecule has 1 saturated carbocycles. The summed E-state index contributed by atoms with van der Waals surface area (Å²) in [6, 6.07) is 7.19. The third-order valence-corrected chi connectivity index (χ3v) is 5.09. The maximum atomic E-state index is 11.5. The van der Waals surface area contributed by atoms with Crippen LogP contribution in [0, 0.1) is 5.41 Å². The van der Waals surface area contributed by atoms with Crippen LogP contribution in [0.5, 0.6) is 0 Å². The van der Waals surface area contributed by atoms with Crippen LogP contribution in [-0.4, -0.2) is 35.5 Å². The molecule has 0 amide bonds. The van der Waals surface area contributed by atoms with Gasteiger partial charge in [-0.05, 0) is 24.1 Å². The number of esters is 1. The number of carbonyl (C=O) groups is 1. The van der Waals surface area contributed by atoms with Crippen molar-refractivity contribution in [3.05, 3.63) is 35.4 Å². The standard InChI is InChI=1S/C16H22O4/c1-15(2)13(18)12(17)9-16(15,3)11-7-5-10(6-8-11)14(19)20-4/h5-8,12-13,17-18H,9H2,1-4H3/t12-,13-,16+/m0/s1. The molecule has 2 N–H and O–H groups in total. The van der Waals surface area contributed by atoms with Crippen LogP contribution < -0.4 is 0 Å². The summed E-state index contributed by atoms with van der Waals surface area (Å²) in [7, 11) is 1.35. The van der Waals surface area contributed by atoms with E-state index in [1.807, 2.05) is 32.9 Å². The van der Waals surface area contributed by atoms with Gasteiger partial charge in [0, 0.05) is 10.8 Å². The van der Waals surface area contributed by atoms with Gasteiger partial charge >= 0.3 is 5.97 Å². The average molecular weight is 278 g/mol. The second kappa shape index (κ2) is 4.86. The fraction of sp³-hybridized carbons (Fsp3) is 0.562. The van der Waals surface area contributed by atoms with Crippen molar-refractivity contribution in [2.45, 2.75) is 44.8 Å². The smallest absolute Gasteiger partial charge is 0.337 e. The summed E-state index contributed by atoms with van der Waals surface area (Å²) in [5.41, 5.74) is 0.710. The average Bonchev–Trinajstić information content (AvgIpc) is 2.59. The lowest BCUT2D eigenvalue weighted by atomic mass is 9.64. The maximum Gasteiger partial charge on any atom is 0.337 e. The fourth-order valence-electron chi connectivity index (χ4n) is 3.18. The molecule has 0 unspecified atom stereocenters. The molecule has 0 radical (unpaired) electrons. The molecule has 1 fully saturated rings. The normalized spacial score (nSPS) is 32.1. The van der Waals surface area contributed by atoms with E-state index >= 15 is 0 Å². The molecule has 0 aromatic heterocycles. The predicted molar refractivity (Wildman–Crippen MR) is 75.5 cm³/mol. The molecular formula is C16H22O4. The van der Waals surface area contributed by atoms with E-state index in [0.717, 1.165) is 5.56 Å². The van der Waals surface area contributed by atoms with Crippen LogP contribution in [0.15, 0.2) is 24.3 Å². The Morgan fingerprint density at radius 2 is 1.75 bits per heavy atom. The van der Waals surface area contributed by atoms with Gasteiger partial charge in [0.15, 0.2) is 0 Å². The van der Waals surface area contributed by atoms with Crippen molar-refractivity contribution in [1.29, 1.82) is 0 Å².